The molecule has 0 aliphatic heterocycles. The molecular formula is C10H11FN2OS2. The summed E-state index contributed by atoms with van der Waals surface area (Å²) < 4.78 is 28.0. The summed E-state index contributed by atoms with van der Waals surface area (Å²) in [5.74, 6) is 0. The molecule has 0 aliphatic carbocycles. The molecular weight excluding hydrogens is 247 g/mol. The van der Waals surface area contributed by atoms with Gasteiger partial charge in [-0.1, -0.05) is 4.40 Å². The van der Waals surface area contributed by atoms with Gasteiger partial charge in [-0.05, 0) is 26.8 Å². The van der Waals surface area contributed by atoms with E-state index in [1.54, 1.807) is 26.8 Å². The van der Waals surface area contributed by atoms with Crippen LogP contribution in [0.2, 0.25) is 0 Å². The Balaban J connectivity index is 2.82. The van der Waals surface area contributed by atoms with Gasteiger partial charge in [-0.15, -0.1) is 11.3 Å². The Morgan fingerprint density at radius 2 is 2.25 bits per heavy atom. The molecule has 6 heteroatoms. The summed E-state index contributed by atoms with van der Waals surface area (Å²) in [6.07, 6.45) is 1.34. The summed E-state index contributed by atoms with van der Waals surface area (Å²) in [7, 11) is 0. The van der Waals surface area contributed by atoms with Gasteiger partial charge in [-0.2, -0.15) is 9.65 Å². The fourth-order valence-corrected chi connectivity index (χ4v) is 2.08. The maximum atomic E-state index is 13.0. The van der Waals surface area contributed by atoms with Crippen LogP contribution < -0.4 is 0 Å². The fourth-order valence-electron chi connectivity index (χ4n) is 0.785. The first-order valence-electron chi connectivity index (χ1n) is 4.50. The van der Waals surface area contributed by atoms with E-state index in [0.29, 0.717) is 4.88 Å². The Morgan fingerprint density at radius 1 is 1.62 bits per heavy atom. The third-order valence-corrected chi connectivity index (χ3v) is 3.83. The lowest BCUT2D eigenvalue weighted by Crippen LogP contribution is -2.25. The minimum absolute atomic E-state index is 0.00649. The molecule has 1 atom stereocenters. The van der Waals surface area contributed by atoms with Crippen molar-refractivity contribution in [3.05, 3.63) is 21.6 Å². The molecule has 0 saturated heterocycles. The number of rotatable bonds is 2. The average Bonchev–Trinajstić information content (AvgIpc) is 2.54. The monoisotopic (exact) mass is 258 g/mol. The minimum atomic E-state index is -1.37. The van der Waals surface area contributed by atoms with Gasteiger partial charge in [-0.25, -0.2) is 0 Å². The van der Waals surface area contributed by atoms with E-state index in [0.717, 1.165) is 11.3 Å². The average molecular weight is 258 g/mol. The number of thiophene rings is 1. The Labute approximate surface area is 101 Å². The van der Waals surface area contributed by atoms with Crippen LogP contribution in [-0.4, -0.2) is 15.5 Å². The van der Waals surface area contributed by atoms with Crippen LogP contribution in [0.1, 0.15) is 31.2 Å². The lowest BCUT2D eigenvalue weighted by Gasteiger charge is -2.17. The molecule has 0 bridgehead atoms. The number of hydrogen-bond acceptors (Lipinski definition) is 4. The third-order valence-electron chi connectivity index (χ3n) is 1.63. The molecule has 3 nitrogen and oxygen atoms in total. The molecule has 0 aromatic carbocycles. The Hall–Kier alpha value is -0.900. The van der Waals surface area contributed by atoms with E-state index in [1.165, 1.54) is 12.3 Å². The zero-order valence-corrected chi connectivity index (χ0v) is 10.8. The van der Waals surface area contributed by atoms with E-state index in [1.807, 2.05) is 0 Å². The second-order valence-electron chi connectivity index (χ2n) is 4.04. The fraction of sp³-hybridized carbons (Fsp3) is 0.400. The van der Waals surface area contributed by atoms with E-state index >= 15 is 0 Å². The number of halogens is 1. The largest absolute Gasteiger partial charge is 0.591 e. The van der Waals surface area contributed by atoms with Crippen molar-refractivity contribution >= 4 is 28.9 Å². The summed E-state index contributed by atoms with van der Waals surface area (Å²) in [5, 5.41) is 8.01. The Morgan fingerprint density at radius 3 is 2.69 bits per heavy atom. The predicted octanol–water partition coefficient (Wildman–Crippen LogP) is 2.64. The van der Waals surface area contributed by atoms with Gasteiger partial charge < -0.3 is 4.55 Å². The second kappa shape index (κ2) is 4.95. The smallest absolute Gasteiger partial charge is 0.194 e. The topological polar surface area (TPSA) is 59.2 Å². The van der Waals surface area contributed by atoms with Gasteiger partial charge in [0.05, 0.1) is 16.7 Å². The molecule has 1 heterocycles. The van der Waals surface area contributed by atoms with Crippen molar-refractivity contribution in [2.45, 2.75) is 25.5 Å². The molecule has 1 aromatic heterocycles. The minimum Gasteiger partial charge on any atom is -0.591 e. The molecule has 0 fully saturated rings. The van der Waals surface area contributed by atoms with Crippen LogP contribution in [0, 0.1) is 16.5 Å². The summed E-state index contributed by atoms with van der Waals surface area (Å²) >= 11 is -0.548. The molecule has 0 radical (unpaired) electrons. The van der Waals surface area contributed by atoms with Crippen LogP contribution in [0.4, 0.5) is 4.39 Å². The summed E-state index contributed by atoms with van der Waals surface area (Å²) in [4.78, 5) is 0.492. The van der Waals surface area contributed by atoms with Crippen LogP contribution in [0.25, 0.3) is 0 Å². The third kappa shape index (κ3) is 3.30. The highest BCUT2D eigenvalue weighted by Crippen LogP contribution is 2.20. The number of nitriles is 1. The summed E-state index contributed by atoms with van der Waals surface area (Å²) in [6.45, 7) is 5.41. The van der Waals surface area contributed by atoms with Crippen molar-refractivity contribution in [1.82, 2.24) is 0 Å². The van der Waals surface area contributed by atoms with Crippen molar-refractivity contribution < 1.29 is 8.94 Å². The molecule has 0 N–H and O–H groups in total. The highest BCUT2D eigenvalue weighted by Gasteiger charge is 2.25. The van der Waals surface area contributed by atoms with Gasteiger partial charge in [0, 0.05) is 0 Å². The van der Waals surface area contributed by atoms with Crippen molar-refractivity contribution in [3.63, 3.8) is 0 Å². The first-order chi connectivity index (χ1) is 7.34. The summed E-state index contributed by atoms with van der Waals surface area (Å²) in [5.41, 5.74) is -0.00649. The first kappa shape index (κ1) is 13.2. The molecule has 0 saturated carbocycles. The van der Waals surface area contributed by atoms with E-state index in [4.69, 9.17) is 5.26 Å². The van der Waals surface area contributed by atoms with Crippen molar-refractivity contribution in [2.24, 2.45) is 4.40 Å². The molecule has 0 unspecified atom stereocenters. The molecule has 1 rings (SSSR count). The molecule has 0 aliphatic rings. The lowest BCUT2D eigenvalue weighted by molar-refractivity contribution is 0.562. The standard InChI is InChI=1S/C10H11FN2OS2/c1-10(2,3)16(14)13-6-8-4-7(5-12)9(11)15-8/h4,6H,1-3H3/t16-/m0/s1. The number of hydrogen-bond donors (Lipinski definition) is 0. The van der Waals surface area contributed by atoms with Crippen molar-refractivity contribution in [3.8, 4) is 6.07 Å². The zero-order chi connectivity index (χ0) is 12.3. The van der Waals surface area contributed by atoms with Crippen LogP contribution in [-0.2, 0) is 11.4 Å². The zero-order valence-electron chi connectivity index (χ0n) is 9.15. The maximum Gasteiger partial charge on any atom is 0.194 e. The van der Waals surface area contributed by atoms with Crippen LogP contribution in [0.5, 0.6) is 0 Å². The van der Waals surface area contributed by atoms with Crippen molar-refractivity contribution in [1.29, 1.82) is 5.26 Å². The Bertz CT molecular complexity index is 443. The highest BCUT2D eigenvalue weighted by atomic mass is 32.2. The van der Waals surface area contributed by atoms with Crippen LogP contribution in [0.3, 0.4) is 0 Å². The first-order valence-corrected chi connectivity index (χ1v) is 6.42. The molecule has 1 aromatic rings. The Kier molecular flexibility index (Phi) is 4.08. The van der Waals surface area contributed by atoms with Gasteiger partial charge >= 0.3 is 0 Å². The van der Waals surface area contributed by atoms with E-state index < -0.39 is 21.2 Å². The van der Waals surface area contributed by atoms with Gasteiger partial charge in [-0.3, -0.25) is 0 Å². The maximum absolute atomic E-state index is 13.0. The molecule has 0 amide bonds. The van der Waals surface area contributed by atoms with Gasteiger partial charge in [0.25, 0.3) is 0 Å². The SMILES string of the molecule is CC(C)(C)[S@+]([O-])N=Cc1cc(C#N)c(F)s1. The van der Waals surface area contributed by atoms with E-state index in [2.05, 4.69) is 4.40 Å². The van der Waals surface area contributed by atoms with Crippen LogP contribution >= 0.6 is 11.3 Å². The van der Waals surface area contributed by atoms with E-state index in [-0.39, 0.29) is 5.56 Å². The molecule has 0 spiro atoms. The van der Waals surface area contributed by atoms with Gasteiger partial charge in [0.15, 0.2) is 5.13 Å². The van der Waals surface area contributed by atoms with Gasteiger partial charge in [0.1, 0.15) is 22.2 Å². The highest BCUT2D eigenvalue weighted by molar-refractivity contribution is 7.91. The second-order valence-corrected chi connectivity index (χ2v) is 7.01. The van der Waals surface area contributed by atoms with Crippen LogP contribution in [0.15, 0.2) is 10.5 Å². The van der Waals surface area contributed by atoms with Gasteiger partial charge in [0.2, 0.25) is 0 Å². The molecule has 86 valence electrons. The predicted molar refractivity (Wildman–Crippen MR) is 64.5 cm³/mol. The number of nitrogens with zero attached hydrogens (tertiary/aromatic N) is 2. The quantitative estimate of drug-likeness (QED) is 0.604. The lowest BCUT2D eigenvalue weighted by atomic mass is 10.3. The summed E-state index contributed by atoms with van der Waals surface area (Å²) in [6, 6.07) is 3.12. The molecule has 16 heavy (non-hydrogen) atoms. The van der Waals surface area contributed by atoms with E-state index in [9.17, 15) is 8.94 Å². The normalized spacial score (nSPS) is 14.0. The van der Waals surface area contributed by atoms with Crippen molar-refractivity contribution in [2.75, 3.05) is 0 Å².